The topological polar surface area (TPSA) is 66.4 Å². The van der Waals surface area contributed by atoms with Crippen LogP contribution in [0, 0.1) is 0 Å². The summed E-state index contributed by atoms with van der Waals surface area (Å²) in [6, 6.07) is 29.5. The van der Waals surface area contributed by atoms with Crippen LogP contribution in [0.25, 0.3) is 0 Å². The third-order valence-corrected chi connectivity index (χ3v) is 7.35. The molecule has 4 bridgehead atoms. The molecule has 3 heterocycles. The minimum atomic E-state index is -1.40. The Kier molecular flexibility index (Phi) is 5.96. The molecular weight excluding hydrogens is 444 g/mol. The van der Waals surface area contributed by atoms with Gasteiger partial charge >= 0.3 is 5.97 Å². The minimum absolute atomic E-state index is 0.375. The molecule has 7 rings (SSSR count). The summed E-state index contributed by atoms with van der Waals surface area (Å²) in [7, 11) is 0. The molecular formula is C29H30O6. The maximum Gasteiger partial charge on any atom is 0.313 e. The molecule has 7 atom stereocenters. The number of hydrogen-bond acceptors (Lipinski definition) is 6. The van der Waals surface area contributed by atoms with Crippen LogP contribution in [0.5, 0.6) is 0 Å². The Bertz CT molecular complexity index is 1060. The second-order valence-corrected chi connectivity index (χ2v) is 9.45. The van der Waals surface area contributed by atoms with Gasteiger partial charge in [-0.15, -0.1) is 0 Å². The Hall–Kier alpha value is -2.58. The Labute approximate surface area is 205 Å². The third kappa shape index (κ3) is 3.91. The van der Waals surface area contributed by atoms with Gasteiger partial charge in [0.15, 0.2) is 0 Å². The van der Waals surface area contributed by atoms with Gasteiger partial charge < -0.3 is 28.8 Å². The van der Waals surface area contributed by atoms with E-state index >= 15 is 0 Å². The molecule has 6 nitrogen and oxygen atoms in total. The van der Waals surface area contributed by atoms with E-state index in [0.29, 0.717) is 19.6 Å². The predicted molar refractivity (Wildman–Crippen MR) is 128 cm³/mol. The third-order valence-electron chi connectivity index (χ3n) is 7.35. The van der Waals surface area contributed by atoms with Gasteiger partial charge in [0.25, 0.3) is 0 Å². The molecule has 3 aromatic carbocycles. The Morgan fingerprint density at radius 1 is 0.686 bits per heavy atom. The summed E-state index contributed by atoms with van der Waals surface area (Å²) < 4.78 is 32.3. The van der Waals surface area contributed by atoms with Crippen LogP contribution in [0.2, 0.25) is 0 Å². The van der Waals surface area contributed by atoms with E-state index in [9.17, 15) is 5.11 Å². The fourth-order valence-corrected chi connectivity index (χ4v) is 5.48. The lowest BCUT2D eigenvalue weighted by Crippen LogP contribution is -2.83. The van der Waals surface area contributed by atoms with E-state index in [1.165, 1.54) is 0 Å². The Morgan fingerprint density at radius 2 is 1.14 bits per heavy atom. The normalized spacial score (nSPS) is 35.3. The number of aliphatic hydroxyl groups is 1. The first-order valence-electron chi connectivity index (χ1n) is 12.3. The van der Waals surface area contributed by atoms with Crippen LogP contribution in [0.15, 0.2) is 91.0 Å². The van der Waals surface area contributed by atoms with Gasteiger partial charge in [-0.25, -0.2) is 0 Å². The van der Waals surface area contributed by atoms with Gasteiger partial charge in [0, 0.05) is 5.56 Å². The molecule has 0 amide bonds. The number of hydrogen-bond donors (Lipinski definition) is 1. The van der Waals surface area contributed by atoms with Crippen molar-refractivity contribution in [3.8, 4) is 0 Å². The van der Waals surface area contributed by atoms with Crippen LogP contribution in [-0.2, 0) is 42.9 Å². The van der Waals surface area contributed by atoms with E-state index in [2.05, 4.69) is 0 Å². The molecule has 4 aliphatic rings. The molecule has 1 aliphatic carbocycles. The summed E-state index contributed by atoms with van der Waals surface area (Å²) in [6.07, 6.45) is -2.38. The molecule has 1 saturated carbocycles. The van der Waals surface area contributed by atoms with E-state index in [1.807, 2.05) is 97.9 Å². The monoisotopic (exact) mass is 474 g/mol. The van der Waals surface area contributed by atoms with E-state index in [-0.39, 0.29) is 0 Å². The minimum Gasteiger partial charge on any atom is -0.384 e. The van der Waals surface area contributed by atoms with Crippen molar-refractivity contribution < 1.29 is 28.8 Å². The molecule has 3 saturated heterocycles. The summed E-state index contributed by atoms with van der Waals surface area (Å²) in [5.74, 6) is -1.40. The van der Waals surface area contributed by atoms with Crippen LogP contribution in [0.1, 0.15) is 30.0 Å². The smallest absolute Gasteiger partial charge is 0.313 e. The Balaban J connectivity index is 1.34. The molecule has 0 spiro atoms. The fraction of sp³-hybridized carbons (Fsp3) is 0.379. The molecule has 1 N–H and O–H groups in total. The maximum atomic E-state index is 11.9. The van der Waals surface area contributed by atoms with Gasteiger partial charge in [-0.1, -0.05) is 97.9 Å². The zero-order valence-electron chi connectivity index (χ0n) is 19.7. The summed E-state index contributed by atoms with van der Waals surface area (Å²) in [5, 5.41) is 11.9. The van der Waals surface area contributed by atoms with Crippen molar-refractivity contribution in [2.24, 2.45) is 0 Å². The molecule has 0 aromatic heterocycles. The van der Waals surface area contributed by atoms with E-state index in [0.717, 1.165) is 16.7 Å². The first-order valence-corrected chi connectivity index (χ1v) is 12.3. The molecule has 35 heavy (non-hydrogen) atoms. The zero-order chi connectivity index (χ0) is 23.9. The molecule has 4 fully saturated rings. The van der Waals surface area contributed by atoms with Gasteiger partial charge in [-0.3, -0.25) is 0 Å². The van der Waals surface area contributed by atoms with Crippen molar-refractivity contribution in [2.45, 2.75) is 68.7 Å². The molecule has 0 radical (unpaired) electrons. The van der Waals surface area contributed by atoms with Gasteiger partial charge in [0.1, 0.15) is 36.1 Å². The first-order chi connectivity index (χ1) is 17.1. The van der Waals surface area contributed by atoms with E-state index in [4.69, 9.17) is 23.7 Å². The Morgan fingerprint density at radius 3 is 1.60 bits per heavy atom. The number of ether oxygens (including phenoxy) is 5. The lowest BCUT2D eigenvalue weighted by molar-refractivity contribution is -0.566. The number of rotatable bonds is 8. The SMILES string of the molecule is CCC1(O)[C@@H]2OC3(c4ccccc4)OC([C@H]2OCc2ccccc2)[C@H](OCc2ccccc2)[C@@H]1O3. The summed E-state index contributed by atoms with van der Waals surface area (Å²) in [6.45, 7) is 2.69. The highest BCUT2D eigenvalue weighted by Gasteiger charge is 2.73. The van der Waals surface area contributed by atoms with Crippen molar-refractivity contribution in [1.29, 1.82) is 0 Å². The first kappa shape index (κ1) is 22.9. The van der Waals surface area contributed by atoms with Gasteiger partial charge in [-0.2, -0.15) is 0 Å². The molecule has 3 aliphatic heterocycles. The molecule has 3 aromatic rings. The lowest BCUT2D eigenvalue weighted by atomic mass is 9.70. The van der Waals surface area contributed by atoms with Crippen LogP contribution < -0.4 is 0 Å². The second-order valence-electron chi connectivity index (χ2n) is 9.45. The average molecular weight is 475 g/mol. The number of benzene rings is 3. The standard InChI is InChI=1S/C29H30O6/c1-2-28(30)26-24(31-18-20-12-6-3-7-13-20)23-25(32-19-21-14-8-4-9-15-21)27(28)35-29(33-23,34-26)22-16-10-5-11-17-22/h3-17,23-27,30H,2,18-19H2,1H3/t23?,24-,25+,26-,27+,28?,29?. The summed E-state index contributed by atoms with van der Waals surface area (Å²) in [5.41, 5.74) is 1.54. The van der Waals surface area contributed by atoms with Crippen molar-refractivity contribution in [3.05, 3.63) is 108 Å². The molecule has 6 heteroatoms. The quantitative estimate of drug-likeness (QED) is 0.525. The maximum absolute atomic E-state index is 11.9. The predicted octanol–water partition coefficient (Wildman–Crippen LogP) is 4.31. The average Bonchev–Trinajstić information content (AvgIpc) is 2.92. The van der Waals surface area contributed by atoms with Crippen molar-refractivity contribution >= 4 is 0 Å². The van der Waals surface area contributed by atoms with E-state index < -0.39 is 42.1 Å². The summed E-state index contributed by atoms with van der Waals surface area (Å²) >= 11 is 0. The van der Waals surface area contributed by atoms with Crippen LogP contribution in [-0.4, -0.2) is 41.2 Å². The van der Waals surface area contributed by atoms with Gasteiger partial charge in [0.2, 0.25) is 0 Å². The van der Waals surface area contributed by atoms with Crippen LogP contribution in [0.4, 0.5) is 0 Å². The van der Waals surface area contributed by atoms with Crippen molar-refractivity contribution in [3.63, 3.8) is 0 Å². The highest BCUT2D eigenvalue weighted by Crippen LogP contribution is 2.56. The van der Waals surface area contributed by atoms with Crippen molar-refractivity contribution in [1.82, 2.24) is 0 Å². The molecule has 182 valence electrons. The zero-order valence-corrected chi connectivity index (χ0v) is 19.7. The molecule has 3 unspecified atom stereocenters. The van der Waals surface area contributed by atoms with Crippen LogP contribution >= 0.6 is 0 Å². The largest absolute Gasteiger partial charge is 0.384 e. The lowest BCUT2D eigenvalue weighted by Gasteiger charge is -2.65. The highest BCUT2D eigenvalue weighted by molar-refractivity contribution is 5.25. The van der Waals surface area contributed by atoms with Gasteiger partial charge in [-0.05, 0) is 17.5 Å². The fourth-order valence-electron chi connectivity index (χ4n) is 5.48. The van der Waals surface area contributed by atoms with Crippen LogP contribution in [0.3, 0.4) is 0 Å². The van der Waals surface area contributed by atoms with E-state index in [1.54, 1.807) is 0 Å². The summed E-state index contributed by atoms with van der Waals surface area (Å²) in [4.78, 5) is 0. The van der Waals surface area contributed by atoms with Gasteiger partial charge in [0.05, 0.1) is 13.2 Å². The van der Waals surface area contributed by atoms with Crippen molar-refractivity contribution in [2.75, 3.05) is 0 Å². The second kappa shape index (κ2) is 9.13. The highest BCUT2D eigenvalue weighted by atomic mass is 16.9.